The zero-order chi connectivity index (χ0) is 13.8. The molecule has 1 aromatic carbocycles. The molecule has 0 spiro atoms. The predicted octanol–water partition coefficient (Wildman–Crippen LogP) is 2.42. The zero-order valence-corrected chi connectivity index (χ0v) is 11.6. The number of nitrogens with zero attached hydrogens (tertiary/aromatic N) is 2. The molecule has 1 aromatic heterocycles. The summed E-state index contributed by atoms with van der Waals surface area (Å²) in [4.78, 5) is 4.42. The summed E-state index contributed by atoms with van der Waals surface area (Å²) in [5, 5.41) is 7.35. The van der Waals surface area contributed by atoms with Crippen LogP contribution in [0, 0.1) is 6.92 Å². The molecule has 0 amide bonds. The first-order chi connectivity index (χ1) is 9.81. The molecule has 106 valence electrons. The highest BCUT2D eigenvalue weighted by atomic mass is 16.5. The Morgan fingerprint density at radius 3 is 3.20 bits per heavy atom. The molecule has 20 heavy (non-hydrogen) atoms. The number of aromatic nitrogens is 2. The molecule has 1 aliphatic rings. The second-order valence-corrected chi connectivity index (χ2v) is 5.11. The van der Waals surface area contributed by atoms with E-state index < -0.39 is 0 Å². The third-order valence-corrected chi connectivity index (χ3v) is 3.43. The third-order valence-electron chi connectivity index (χ3n) is 3.43. The Morgan fingerprint density at radius 2 is 2.40 bits per heavy atom. The lowest BCUT2D eigenvalue weighted by Crippen LogP contribution is -2.13. The standard InChI is InChI=1S/C15H19N3O2/c1-11-4-2-5-12(10-11)19-9-7-14-17-15(20-18-14)13-6-3-8-16-13/h2,4-5,10,13,16H,3,6-9H2,1H3/t13-/m1/s1. The normalized spacial score (nSPS) is 18.4. The fourth-order valence-electron chi connectivity index (χ4n) is 2.37. The lowest BCUT2D eigenvalue weighted by molar-refractivity contribution is 0.311. The fourth-order valence-corrected chi connectivity index (χ4v) is 2.37. The Balaban J connectivity index is 1.51. The summed E-state index contributed by atoms with van der Waals surface area (Å²) in [6, 6.07) is 8.24. The number of aryl methyl sites for hydroxylation is 1. The van der Waals surface area contributed by atoms with Crippen molar-refractivity contribution in [2.75, 3.05) is 13.2 Å². The first-order valence-electron chi connectivity index (χ1n) is 7.06. The van der Waals surface area contributed by atoms with E-state index in [-0.39, 0.29) is 6.04 Å². The maximum absolute atomic E-state index is 5.69. The van der Waals surface area contributed by atoms with E-state index in [0.717, 1.165) is 18.7 Å². The van der Waals surface area contributed by atoms with Gasteiger partial charge in [0.25, 0.3) is 0 Å². The van der Waals surface area contributed by atoms with Gasteiger partial charge in [0.2, 0.25) is 5.89 Å². The van der Waals surface area contributed by atoms with Gasteiger partial charge >= 0.3 is 0 Å². The largest absolute Gasteiger partial charge is 0.493 e. The second kappa shape index (κ2) is 6.05. The molecule has 2 heterocycles. The van der Waals surface area contributed by atoms with E-state index in [1.807, 2.05) is 31.2 Å². The Bertz CT molecular complexity index is 562. The van der Waals surface area contributed by atoms with Gasteiger partial charge in [0.05, 0.1) is 12.6 Å². The van der Waals surface area contributed by atoms with Crippen molar-refractivity contribution in [1.29, 1.82) is 0 Å². The molecule has 0 saturated carbocycles. The zero-order valence-electron chi connectivity index (χ0n) is 11.6. The number of benzene rings is 1. The number of ether oxygens (including phenoxy) is 1. The van der Waals surface area contributed by atoms with Gasteiger partial charge in [-0.05, 0) is 44.0 Å². The molecule has 3 rings (SSSR count). The van der Waals surface area contributed by atoms with Crippen LogP contribution in [0.2, 0.25) is 0 Å². The van der Waals surface area contributed by atoms with Gasteiger partial charge in [-0.2, -0.15) is 4.98 Å². The Hall–Kier alpha value is -1.88. The maximum atomic E-state index is 5.69. The van der Waals surface area contributed by atoms with Crippen molar-refractivity contribution in [1.82, 2.24) is 15.5 Å². The van der Waals surface area contributed by atoms with Crippen LogP contribution in [-0.2, 0) is 6.42 Å². The summed E-state index contributed by atoms with van der Waals surface area (Å²) in [6.07, 6.45) is 2.89. The Labute approximate surface area is 118 Å². The highest BCUT2D eigenvalue weighted by Crippen LogP contribution is 2.21. The summed E-state index contributed by atoms with van der Waals surface area (Å²) in [7, 11) is 0. The first-order valence-corrected chi connectivity index (χ1v) is 7.06. The molecule has 1 fully saturated rings. The minimum Gasteiger partial charge on any atom is -0.493 e. The highest BCUT2D eigenvalue weighted by Gasteiger charge is 2.22. The summed E-state index contributed by atoms with van der Waals surface area (Å²) >= 11 is 0. The smallest absolute Gasteiger partial charge is 0.243 e. The van der Waals surface area contributed by atoms with E-state index >= 15 is 0 Å². The predicted molar refractivity (Wildman–Crippen MR) is 74.7 cm³/mol. The summed E-state index contributed by atoms with van der Waals surface area (Å²) < 4.78 is 11.0. The van der Waals surface area contributed by atoms with Crippen LogP contribution in [0.3, 0.4) is 0 Å². The molecule has 5 nitrogen and oxygen atoms in total. The molecule has 5 heteroatoms. The molecule has 0 bridgehead atoms. The molecule has 0 aliphatic carbocycles. The van der Waals surface area contributed by atoms with Crippen LogP contribution in [0.15, 0.2) is 28.8 Å². The van der Waals surface area contributed by atoms with E-state index in [1.54, 1.807) is 0 Å². The molecule has 2 aromatic rings. The average Bonchev–Trinajstić information content (AvgIpc) is 3.09. The van der Waals surface area contributed by atoms with Crippen molar-refractivity contribution in [2.24, 2.45) is 0 Å². The van der Waals surface area contributed by atoms with Gasteiger partial charge in [-0.25, -0.2) is 0 Å². The van der Waals surface area contributed by atoms with Gasteiger partial charge in [0.15, 0.2) is 5.82 Å². The SMILES string of the molecule is Cc1cccc(OCCc2noc([C@H]3CCCN3)n2)c1. The molecule has 0 radical (unpaired) electrons. The van der Waals surface area contributed by atoms with Crippen LogP contribution in [0.4, 0.5) is 0 Å². The topological polar surface area (TPSA) is 60.2 Å². The molecule has 1 atom stereocenters. The van der Waals surface area contributed by atoms with Crippen LogP contribution in [0.25, 0.3) is 0 Å². The van der Waals surface area contributed by atoms with E-state index in [4.69, 9.17) is 9.26 Å². The Kier molecular flexibility index (Phi) is 3.97. The summed E-state index contributed by atoms with van der Waals surface area (Å²) in [6.45, 7) is 3.63. The number of nitrogens with one attached hydrogen (secondary N) is 1. The van der Waals surface area contributed by atoms with Crippen molar-refractivity contribution in [3.63, 3.8) is 0 Å². The van der Waals surface area contributed by atoms with Gasteiger partial charge in [0.1, 0.15) is 5.75 Å². The van der Waals surface area contributed by atoms with Crippen molar-refractivity contribution in [3.8, 4) is 5.75 Å². The van der Waals surface area contributed by atoms with Crippen LogP contribution in [0.1, 0.15) is 36.2 Å². The van der Waals surface area contributed by atoms with Crippen LogP contribution >= 0.6 is 0 Å². The highest BCUT2D eigenvalue weighted by molar-refractivity contribution is 5.27. The van der Waals surface area contributed by atoms with E-state index in [1.165, 1.54) is 12.0 Å². The molecular weight excluding hydrogens is 254 g/mol. The van der Waals surface area contributed by atoms with E-state index in [2.05, 4.69) is 15.5 Å². The minimum absolute atomic E-state index is 0.231. The lowest BCUT2D eigenvalue weighted by Gasteiger charge is -2.04. The third kappa shape index (κ3) is 3.17. The number of hydrogen-bond donors (Lipinski definition) is 1. The van der Waals surface area contributed by atoms with Gasteiger partial charge in [-0.3, -0.25) is 0 Å². The van der Waals surface area contributed by atoms with Crippen molar-refractivity contribution >= 4 is 0 Å². The molecular formula is C15H19N3O2. The van der Waals surface area contributed by atoms with Crippen molar-refractivity contribution < 1.29 is 9.26 Å². The lowest BCUT2D eigenvalue weighted by atomic mass is 10.2. The van der Waals surface area contributed by atoms with Crippen molar-refractivity contribution in [2.45, 2.75) is 32.2 Å². The van der Waals surface area contributed by atoms with Crippen molar-refractivity contribution in [3.05, 3.63) is 41.5 Å². The summed E-state index contributed by atoms with van der Waals surface area (Å²) in [5.41, 5.74) is 1.19. The maximum Gasteiger partial charge on any atom is 0.243 e. The quantitative estimate of drug-likeness (QED) is 0.906. The van der Waals surface area contributed by atoms with Gasteiger partial charge in [-0.1, -0.05) is 17.3 Å². The Morgan fingerprint density at radius 1 is 1.45 bits per heavy atom. The van der Waals surface area contributed by atoms with E-state index in [9.17, 15) is 0 Å². The fraction of sp³-hybridized carbons (Fsp3) is 0.467. The molecule has 0 unspecified atom stereocenters. The summed E-state index contributed by atoms with van der Waals surface area (Å²) in [5.74, 6) is 2.29. The first kappa shape index (κ1) is 13.1. The molecule has 1 N–H and O–H groups in total. The number of rotatable bonds is 5. The van der Waals surface area contributed by atoms with Crippen LogP contribution in [0.5, 0.6) is 5.75 Å². The monoisotopic (exact) mass is 273 g/mol. The minimum atomic E-state index is 0.231. The van der Waals surface area contributed by atoms with Gasteiger partial charge in [-0.15, -0.1) is 0 Å². The van der Waals surface area contributed by atoms with Gasteiger partial charge in [0, 0.05) is 6.42 Å². The average molecular weight is 273 g/mol. The van der Waals surface area contributed by atoms with Crippen LogP contribution < -0.4 is 10.1 Å². The van der Waals surface area contributed by atoms with E-state index in [0.29, 0.717) is 24.7 Å². The second-order valence-electron chi connectivity index (χ2n) is 5.11. The van der Waals surface area contributed by atoms with Gasteiger partial charge < -0.3 is 14.6 Å². The molecule has 1 saturated heterocycles. The molecule has 1 aliphatic heterocycles. The van der Waals surface area contributed by atoms with Crippen LogP contribution in [-0.4, -0.2) is 23.3 Å². The number of hydrogen-bond acceptors (Lipinski definition) is 5.